The van der Waals surface area contributed by atoms with Gasteiger partial charge in [0.25, 0.3) is 0 Å². The third-order valence-electron chi connectivity index (χ3n) is 2.74. The third kappa shape index (κ3) is 3.31. The first kappa shape index (κ1) is 12.6. The number of benzene rings is 2. The van der Waals surface area contributed by atoms with Crippen LogP contribution in [0.5, 0.6) is 5.75 Å². The van der Waals surface area contributed by atoms with Gasteiger partial charge in [-0.1, -0.05) is 36.4 Å². The zero-order valence-electron chi connectivity index (χ0n) is 10.3. The van der Waals surface area contributed by atoms with Gasteiger partial charge in [-0.15, -0.1) is 0 Å². The molecule has 2 nitrogen and oxygen atoms in total. The number of nitrogens with one attached hydrogen (secondary N) is 1. The van der Waals surface area contributed by atoms with Gasteiger partial charge in [-0.25, -0.2) is 4.39 Å². The van der Waals surface area contributed by atoms with Crippen LogP contribution in [0.4, 0.5) is 4.39 Å². The van der Waals surface area contributed by atoms with Gasteiger partial charge in [0, 0.05) is 24.7 Å². The monoisotopic (exact) mass is 245 g/mol. The van der Waals surface area contributed by atoms with Gasteiger partial charge in [0.1, 0.15) is 11.6 Å². The van der Waals surface area contributed by atoms with Crippen molar-refractivity contribution in [3.8, 4) is 5.75 Å². The van der Waals surface area contributed by atoms with Gasteiger partial charge in [-0.3, -0.25) is 0 Å². The van der Waals surface area contributed by atoms with E-state index in [2.05, 4.69) is 17.4 Å². The molecule has 2 aromatic rings. The van der Waals surface area contributed by atoms with Crippen molar-refractivity contribution in [3.63, 3.8) is 0 Å². The van der Waals surface area contributed by atoms with E-state index in [0.29, 0.717) is 12.3 Å². The molecule has 18 heavy (non-hydrogen) atoms. The Kier molecular flexibility index (Phi) is 4.31. The second kappa shape index (κ2) is 6.17. The smallest absolute Gasteiger partial charge is 0.126 e. The summed E-state index contributed by atoms with van der Waals surface area (Å²) in [5.41, 5.74) is 2.17. The SMILES string of the molecule is COc1cc(F)ccc1CNCc1ccccc1. The van der Waals surface area contributed by atoms with E-state index in [1.807, 2.05) is 18.2 Å². The summed E-state index contributed by atoms with van der Waals surface area (Å²) in [4.78, 5) is 0. The second-order valence-corrected chi connectivity index (χ2v) is 4.05. The van der Waals surface area contributed by atoms with Crippen molar-refractivity contribution >= 4 is 0 Å². The number of methoxy groups -OCH3 is 1. The minimum absolute atomic E-state index is 0.279. The normalized spacial score (nSPS) is 10.3. The molecule has 0 saturated carbocycles. The van der Waals surface area contributed by atoms with Crippen LogP contribution >= 0.6 is 0 Å². The average molecular weight is 245 g/mol. The lowest BCUT2D eigenvalue weighted by atomic mass is 10.2. The van der Waals surface area contributed by atoms with E-state index in [9.17, 15) is 4.39 Å². The molecule has 0 bridgehead atoms. The highest BCUT2D eigenvalue weighted by Gasteiger charge is 2.03. The highest BCUT2D eigenvalue weighted by atomic mass is 19.1. The molecule has 94 valence electrons. The summed E-state index contributed by atoms with van der Waals surface area (Å²) in [6.07, 6.45) is 0. The Morgan fingerprint density at radius 2 is 1.83 bits per heavy atom. The minimum Gasteiger partial charge on any atom is -0.496 e. The van der Waals surface area contributed by atoms with Crippen molar-refractivity contribution in [3.05, 3.63) is 65.5 Å². The predicted molar refractivity (Wildman–Crippen MR) is 69.9 cm³/mol. The number of ether oxygens (including phenoxy) is 1. The minimum atomic E-state index is -0.279. The molecule has 2 rings (SSSR count). The molecule has 0 spiro atoms. The largest absolute Gasteiger partial charge is 0.496 e. The Labute approximate surface area is 106 Å². The number of rotatable bonds is 5. The van der Waals surface area contributed by atoms with Crippen LogP contribution in [0, 0.1) is 5.82 Å². The first-order valence-corrected chi connectivity index (χ1v) is 5.86. The predicted octanol–water partition coefficient (Wildman–Crippen LogP) is 3.12. The molecule has 2 aromatic carbocycles. The fourth-order valence-electron chi connectivity index (χ4n) is 1.80. The molecule has 3 heteroatoms. The van der Waals surface area contributed by atoms with Crippen LogP contribution in [-0.4, -0.2) is 7.11 Å². The Balaban J connectivity index is 1.94. The summed E-state index contributed by atoms with van der Waals surface area (Å²) >= 11 is 0. The lowest BCUT2D eigenvalue weighted by molar-refractivity contribution is 0.404. The molecule has 0 radical (unpaired) electrons. The van der Waals surface area contributed by atoms with Gasteiger partial charge in [0.15, 0.2) is 0 Å². The van der Waals surface area contributed by atoms with E-state index < -0.39 is 0 Å². The Hall–Kier alpha value is -1.87. The maximum atomic E-state index is 13.0. The summed E-state index contributed by atoms with van der Waals surface area (Å²) in [6.45, 7) is 1.43. The lowest BCUT2D eigenvalue weighted by Gasteiger charge is -2.09. The molecule has 0 saturated heterocycles. The Morgan fingerprint density at radius 1 is 1.06 bits per heavy atom. The summed E-state index contributed by atoms with van der Waals surface area (Å²) in [5.74, 6) is 0.300. The van der Waals surface area contributed by atoms with Gasteiger partial charge < -0.3 is 10.1 Å². The Bertz CT molecular complexity index is 499. The van der Waals surface area contributed by atoms with Crippen molar-refractivity contribution in [2.24, 2.45) is 0 Å². The first-order valence-electron chi connectivity index (χ1n) is 5.86. The molecule has 0 fully saturated rings. The molecule has 0 aliphatic rings. The van der Waals surface area contributed by atoms with Gasteiger partial charge in [-0.05, 0) is 11.6 Å². The summed E-state index contributed by atoms with van der Waals surface area (Å²) in [6, 6.07) is 14.7. The van der Waals surface area contributed by atoms with Gasteiger partial charge in [-0.2, -0.15) is 0 Å². The molecule has 0 aliphatic heterocycles. The van der Waals surface area contributed by atoms with Crippen molar-refractivity contribution in [1.82, 2.24) is 5.32 Å². The van der Waals surface area contributed by atoms with Crippen LogP contribution in [0.15, 0.2) is 48.5 Å². The molecule has 1 N–H and O–H groups in total. The molecule has 0 aliphatic carbocycles. The second-order valence-electron chi connectivity index (χ2n) is 4.05. The van der Waals surface area contributed by atoms with E-state index in [0.717, 1.165) is 12.1 Å². The summed E-state index contributed by atoms with van der Waals surface area (Å²) < 4.78 is 18.2. The molecule has 0 aromatic heterocycles. The fourth-order valence-corrected chi connectivity index (χ4v) is 1.80. The highest BCUT2D eigenvalue weighted by molar-refractivity contribution is 5.33. The molecular weight excluding hydrogens is 229 g/mol. The topological polar surface area (TPSA) is 21.3 Å². The molecule has 0 heterocycles. The van der Waals surface area contributed by atoms with E-state index >= 15 is 0 Å². The quantitative estimate of drug-likeness (QED) is 0.873. The van der Waals surface area contributed by atoms with Crippen LogP contribution in [-0.2, 0) is 13.1 Å². The molecule has 0 amide bonds. The van der Waals surface area contributed by atoms with Crippen molar-refractivity contribution < 1.29 is 9.13 Å². The molecule has 0 atom stereocenters. The van der Waals surface area contributed by atoms with E-state index in [-0.39, 0.29) is 5.82 Å². The van der Waals surface area contributed by atoms with E-state index in [1.54, 1.807) is 13.2 Å². The maximum absolute atomic E-state index is 13.0. The molecular formula is C15H16FNO. The summed E-state index contributed by atoms with van der Waals surface area (Å²) in [5, 5.41) is 3.31. The highest BCUT2D eigenvalue weighted by Crippen LogP contribution is 2.19. The molecule has 0 unspecified atom stereocenters. The van der Waals surface area contributed by atoms with Crippen LogP contribution in [0.3, 0.4) is 0 Å². The zero-order chi connectivity index (χ0) is 12.8. The number of hydrogen-bond acceptors (Lipinski definition) is 2. The fraction of sp³-hybridized carbons (Fsp3) is 0.200. The zero-order valence-corrected chi connectivity index (χ0v) is 10.3. The third-order valence-corrected chi connectivity index (χ3v) is 2.74. The standard InChI is InChI=1S/C15H16FNO/c1-18-15-9-14(16)8-7-13(15)11-17-10-12-5-3-2-4-6-12/h2-9,17H,10-11H2,1H3. The Morgan fingerprint density at radius 3 is 2.56 bits per heavy atom. The van der Waals surface area contributed by atoms with Crippen LogP contribution in [0.2, 0.25) is 0 Å². The number of hydrogen-bond donors (Lipinski definition) is 1. The first-order chi connectivity index (χ1) is 8.79. The maximum Gasteiger partial charge on any atom is 0.126 e. The van der Waals surface area contributed by atoms with Gasteiger partial charge >= 0.3 is 0 Å². The van der Waals surface area contributed by atoms with E-state index in [1.165, 1.54) is 17.7 Å². The van der Waals surface area contributed by atoms with Gasteiger partial charge in [0.05, 0.1) is 7.11 Å². The summed E-state index contributed by atoms with van der Waals surface area (Å²) in [7, 11) is 1.55. The van der Waals surface area contributed by atoms with Crippen molar-refractivity contribution in [2.45, 2.75) is 13.1 Å². The number of halogens is 1. The van der Waals surface area contributed by atoms with Gasteiger partial charge in [0.2, 0.25) is 0 Å². The van der Waals surface area contributed by atoms with Crippen LogP contribution in [0.25, 0.3) is 0 Å². The van der Waals surface area contributed by atoms with Crippen molar-refractivity contribution in [2.75, 3.05) is 7.11 Å². The van der Waals surface area contributed by atoms with E-state index in [4.69, 9.17) is 4.74 Å². The van der Waals surface area contributed by atoms with Crippen LogP contribution in [0.1, 0.15) is 11.1 Å². The van der Waals surface area contributed by atoms with Crippen molar-refractivity contribution in [1.29, 1.82) is 0 Å². The lowest BCUT2D eigenvalue weighted by Crippen LogP contribution is -2.13. The average Bonchev–Trinajstić information content (AvgIpc) is 2.41. The van der Waals surface area contributed by atoms with Crippen LogP contribution < -0.4 is 10.1 Å².